The van der Waals surface area contributed by atoms with Gasteiger partial charge in [-0.05, 0) is 36.2 Å². The molecule has 2 aromatic carbocycles. The van der Waals surface area contributed by atoms with Crippen LogP contribution < -0.4 is 4.90 Å². The molecule has 0 saturated heterocycles. The van der Waals surface area contributed by atoms with Gasteiger partial charge in [-0.3, -0.25) is 14.6 Å². The van der Waals surface area contributed by atoms with E-state index in [1.54, 1.807) is 35.2 Å². The number of nitrogens with zero attached hydrogens (tertiary/aromatic N) is 2. The molecule has 2 N–H and O–H groups in total. The molecule has 2 aromatic heterocycles. The van der Waals surface area contributed by atoms with Crippen LogP contribution in [0.5, 0.6) is 0 Å². The molecule has 4 aromatic rings. The molecule has 0 unspecified atom stereocenters. The SMILES string of the molecule is O=C(C[C@]1(O)C(=O)N(CCc2c[nH]c3ccccc23)c2ccccc21)c1ccccn1. The first-order valence-corrected chi connectivity index (χ1v) is 10.2. The number of carbonyl (C=O) groups excluding carboxylic acids is 2. The minimum absolute atomic E-state index is 0.235. The van der Waals surface area contributed by atoms with Crippen molar-refractivity contribution in [1.29, 1.82) is 0 Å². The zero-order valence-corrected chi connectivity index (χ0v) is 16.8. The molecule has 31 heavy (non-hydrogen) atoms. The van der Waals surface area contributed by atoms with E-state index in [4.69, 9.17) is 0 Å². The lowest BCUT2D eigenvalue weighted by Crippen LogP contribution is -2.42. The molecular weight excluding hydrogens is 390 g/mol. The molecule has 0 saturated carbocycles. The first-order valence-electron chi connectivity index (χ1n) is 10.2. The Kier molecular flexibility index (Phi) is 4.64. The summed E-state index contributed by atoms with van der Waals surface area (Å²) in [5, 5.41) is 12.5. The van der Waals surface area contributed by atoms with Crippen molar-refractivity contribution < 1.29 is 14.7 Å². The number of H-pyrrole nitrogens is 1. The second-order valence-electron chi connectivity index (χ2n) is 7.76. The lowest BCUT2D eigenvalue weighted by Gasteiger charge is -2.22. The highest BCUT2D eigenvalue weighted by Gasteiger charge is 2.50. The minimum Gasteiger partial charge on any atom is -0.375 e. The Hall–Kier alpha value is -3.77. The molecule has 0 fully saturated rings. The predicted molar refractivity (Wildman–Crippen MR) is 118 cm³/mol. The summed E-state index contributed by atoms with van der Waals surface area (Å²) in [5.74, 6) is -0.845. The molecule has 0 radical (unpaired) electrons. The number of Topliss-reactive ketones (excluding diaryl/α,β-unsaturated/α-hetero) is 1. The normalized spacial score (nSPS) is 17.8. The van der Waals surface area contributed by atoms with Gasteiger partial charge in [0.15, 0.2) is 11.4 Å². The Bertz CT molecular complexity index is 1280. The van der Waals surface area contributed by atoms with Crippen molar-refractivity contribution in [2.45, 2.75) is 18.4 Å². The fraction of sp³-hybridized carbons (Fsp3) is 0.160. The van der Waals surface area contributed by atoms with Gasteiger partial charge in [0.2, 0.25) is 0 Å². The summed E-state index contributed by atoms with van der Waals surface area (Å²) in [6, 6.07) is 20.2. The summed E-state index contributed by atoms with van der Waals surface area (Å²) < 4.78 is 0. The lowest BCUT2D eigenvalue weighted by molar-refractivity contribution is -0.135. The fourth-order valence-electron chi connectivity index (χ4n) is 4.32. The second-order valence-corrected chi connectivity index (χ2v) is 7.76. The topological polar surface area (TPSA) is 86.3 Å². The highest BCUT2D eigenvalue weighted by atomic mass is 16.3. The number of benzene rings is 2. The monoisotopic (exact) mass is 411 g/mol. The average Bonchev–Trinajstić information content (AvgIpc) is 3.31. The van der Waals surface area contributed by atoms with E-state index in [0.717, 1.165) is 16.5 Å². The third kappa shape index (κ3) is 3.21. The number of fused-ring (bicyclic) bond motifs is 2. The van der Waals surface area contributed by atoms with Crippen LogP contribution in [0.15, 0.2) is 79.1 Å². The number of aliphatic hydroxyl groups is 1. The summed E-state index contributed by atoms with van der Waals surface area (Å²) >= 11 is 0. The van der Waals surface area contributed by atoms with Gasteiger partial charge in [-0.15, -0.1) is 0 Å². The standard InChI is InChI=1S/C25H21N3O3/c29-23(21-10-5-6-13-26-21)15-25(31)19-8-2-4-11-22(19)28(24(25)30)14-12-17-16-27-20-9-3-1-7-18(17)20/h1-11,13,16,27,31H,12,14-15H2/t25-/m1/s1. The van der Waals surface area contributed by atoms with E-state index < -0.39 is 11.5 Å². The number of aromatic nitrogens is 2. The van der Waals surface area contributed by atoms with Gasteiger partial charge in [0.25, 0.3) is 5.91 Å². The molecule has 5 rings (SSSR count). The van der Waals surface area contributed by atoms with Gasteiger partial charge in [-0.25, -0.2) is 0 Å². The van der Waals surface area contributed by atoms with Crippen LogP contribution in [0.4, 0.5) is 5.69 Å². The maximum atomic E-state index is 13.4. The van der Waals surface area contributed by atoms with Crippen molar-refractivity contribution in [3.63, 3.8) is 0 Å². The van der Waals surface area contributed by atoms with E-state index in [-0.39, 0.29) is 17.9 Å². The first-order chi connectivity index (χ1) is 15.1. The minimum atomic E-state index is -1.90. The third-order valence-electron chi connectivity index (χ3n) is 5.89. The Balaban J connectivity index is 1.43. The van der Waals surface area contributed by atoms with Gasteiger partial charge in [0.05, 0.1) is 12.1 Å². The van der Waals surface area contributed by atoms with Crippen LogP contribution in [0.2, 0.25) is 0 Å². The molecule has 1 aliphatic rings. The van der Waals surface area contributed by atoms with Gasteiger partial charge in [-0.2, -0.15) is 0 Å². The van der Waals surface area contributed by atoms with E-state index >= 15 is 0 Å². The highest BCUT2D eigenvalue weighted by Crippen LogP contribution is 2.42. The predicted octanol–water partition coefficient (Wildman–Crippen LogP) is 3.61. The number of hydrogen-bond acceptors (Lipinski definition) is 4. The number of nitrogens with one attached hydrogen (secondary N) is 1. The van der Waals surface area contributed by atoms with Gasteiger partial charge in [-0.1, -0.05) is 42.5 Å². The van der Waals surface area contributed by atoms with Crippen molar-refractivity contribution in [3.8, 4) is 0 Å². The van der Waals surface area contributed by atoms with Crippen LogP contribution in [0.25, 0.3) is 10.9 Å². The van der Waals surface area contributed by atoms with Crippen LogP contribution in [0, 0.1) is 0 Å². The molecule has 0 spiro atoms. The molecule has 1 aliphatic heterocycles. The maximum absolute atomic E-state index is 13.4. The van der Waals surface area contributed by atoms with Crippen molar-refractivity contribution in [3.05, 3.63) is 95.9 Å². The van der Waals surface area contributed by atoms with Crippen molar-refractivity contribution in [2.75, 3.05) is 11.4 Å². The number of para-hydroxylation sites is 2. The average molecular weight is 411 g/mol. The molecule has 0 bridgehead atoms. The second kappa shape index (κ2) is 7.49. The summed E-state index contributed by atoms with van der Waals surface area (Å²) in [6.07, 6.45) is 3.75. The molecule has 3 heterocycles. The molecule has 6 heteroatoms. The van der Waals surface area contributed by atoms with E-state index in [2.05, 4.69) is 9.97 Å². The fourth-order valence-corrected chi connectivity index (χ4v) is 4.32. The van der Waals surface area contributed by atoms with Gasteiger partial charge in [0.1, 0.15) is 5.69 Å². The summed E-state index contributed by atoms with van der Waals surface area (Å²) in [7, 11) is 0. The third-order valence-corrected chi connectivity index (χ3v) is 5.89. The van der Waals surface area contributed by atoms with E-state index in [9.17, 15) is 14.7 Å². The number of hydrogen-bond donors (Lipinski definition) is 2. The van der Waals surface area contributed by atoms with Crippen LogP contribution in [0.3, 0.4) is 0 Å². The van der Waals surface area contributed by atoms with Gasteiger partial charge >= 0.3 is 0 Å². The van der Waals surface area contributed by atoms with Crippen LogP contribution in [0.1, 0.15) is 28.0 Å². The van der Waals surface area contributed by atoms with E-state index in [1.807, 2.05) is 42.6 Å². The zero-order chi connectivity index (χ0) is 21.4. The van der Waals surface area contributed by atoms with E-state index in [0.29, 0.717) is 24.2 Å². The first kappa shape index (κ1) is 19.2. The Morgan fingerprint density at radius 2 is 1.81 bits per heavy atom. The Labute approximate surface area is 179 Å². The molecule has 0 aliphatic carbocycles. The van der Waals surface area contributed by atoms with Gasteiger partial charge < -0.3 is 15.0 Å². The summed E-state index contributed by atoms with van der Waals surface area (Å²) in [6.45, 7) is 0.401. The van der Waals surface area contributed by atoms with Crippen LogP contribution in [-0.4, -0.2) is 33.3 Å². The van der Waals surface area contributed by atoms with Gasteiger partial charge in [0, 0.05) is 35.4 Å². The van der Waals surface area contributed by atoms with Crippen molar-refractivity contribution in [1.82, 2.24) is 9.97 Å². The van der Waals surface area contributed by atoms with Crippen molar-refractivity contribution in [2.24, 2.45) is 0 Å². The van der Waals surface area contributed by atoms with Crippen molar-refractivity contribution >= 4 is 28.3 Å². The quantitative estimate of drug-likeness (QED) is 0.475. The zero-order valence-electron chi connectivity index (χ0n) is 16.8. The Morgan fingerprint density at radius 3 is 2.65 bits per heavy atom. The number of pyridine rings is 1. The largest absolute Gasteiger partial charge is 0.375 e. The van der Waals surface area contributed by atoms with Crippen LogP contribution >= 0.6 is 0 Å². The highest BCUT2D eigenvalue weighted by molar-refractivity contribution is 6.10. The lowest BCUT2D eigenvalue weighted by atomic mass is 9.89. The molecule has 6 nitrogen and oxygen atoms in total. The number of rotatable bonds is 6. The maximum Gasteiger partial charge on any atom is 0.264 e. The van der Waals surface area contributed by atoms with E-state index in [1.165, 1.54) is 6.20 Å². The molecular formula is C25H21N3O3. The smallest absolute Gasteiger partial charge is 0.264 e. The summed E-state index contributed by atoms with van der Waals surface area (Å²) in [5.41, 5.74) is 1.58. The molecule has 1 amide bonds. The number of anilines is 1. The number of carbonyl (C=O) groups is 2. The summed E-state index contributed by atoms with van der Waals surface area (Å²) in [4.78, 5) is 35.0. The van der Waals surface area contributed by atoms with Crippen LogP contribution in [-0.2, 0) is 16.8 Å². The Morgan fingerprint density at radius 1 is 1.03 bits per heavy atom. The number of aromatic amines is 1. The molecule has 1 atom stereocenters. The number of amides is 1. The number of ketones is 1. The molecule has 154 valence electrons.